The number of halogens is 3. The Morgan fingerprint density at radius 3 is 2.81 bits per heavy atom. The molecule has 9 heteroatoms. The molecule has 0 radical (unpaired) electrons. The molecule has 0 N–H and O–H groups in total. The van der Waals surface area contributed by atoms with Gasteiger partial charge in [0.1, 0.15) is 0 Å². The molecule has 0 bridgehead atoms. The van der Waals surface area contributed by atoms with Gasteiger partial charge in [0.15, 0.2) is 5.69 Å². The van der Waals surface area contributed by atoms with Crippen molar-refractivity contribution in [2.75, 3.05) is 7.11 Å². The van der Waals surface area contributed by atoms with Crippen molar-refractivity contribution >= 4 is 17.6 Å². The number of carbonyl (C=O) groups excluding carboxylic acids is 1. The van der Waals surface area contributed by atoms with Crippen molar-refractivity contribution in [2.45, 2.75) is 13.2 Å². The third kappa shape index (κ3) is 4.59. The van der Waals surface area contributed by atoms with E-state index in [1.165, 1.54) is 25.8 Å². The molecule has 140 valence electrons. The van der Waals surface area contributed by atoms with Crippen LogP contribution in [0.5, 0.6) is 5.88 Å². The first-order chi connectivity index (χ1) is 13.0. The van der Waals surface area contributed by atoms with E-state index in [2.05, 4.69) is 19.4 Å². The van der Waals surface area contributed by atoms with Crippen LogP contribution in [0.1, 0.15) is 16.1 Å². The summed E-state index contributed by atoms with van der Waals surface area (Å²) in [5.74, 6) is -0.746. The van der Waals surface area contributed by atoms with Crippen molar-refractivity contribution in [1.29, 1.82) is 0 Å². The number of benzene rings is 1. The first kappa shape index (κ1) is 18.8. The largest absolute Gasteiger partial charge is 0.464 e. The fourth-order valence-corrected chi connectivity index (χ4v) is 2.68. The van der Waals surface area contributed by atoms with E-state index in [0.29, 0.717) is 28.3 Å². The summed E-state index contributed by atoms with van der Waals surface area (Å²) in [5, 5.41) is 0.457. The number of aromatic nitrogens is 3. The lowest BCUT2D eigenvalue weighted by molar-refractivity contribution is -0.0524. The minimum absolute atomic E-state index is 0.165. The highest BCUT2D eigenvalue weighted by atomic mass is 35.5. The smallest absolute Gasteiger partial charge is 0.388 e. The Balaban J connectivity index is 1.94. The van der Waals surface area contributed by atoms with Crippen LogP contribution in [0.4, 0.5) is 8.78 Å². The number of hydrogen-bond donors (Lipinski definition) is 0. The van der Waals surface area contributed by atoms with E-state index >= 15 is 0 Å². The highest BCUT2D eigenvalue weighted by Gasteiger charge is 2.15. The normalized spacial score (nSPS) is 10.9. The van der Waals surface area contributed by atoms with E-state index in [9.17, 15) is 13.6 Å². The van der Waals surface area contributed by atoms with E-state index in [-0.39, 0.29) is 11.6 Å². The summed E-state index contributed by atoms with van der Waals surface area (Å²) in [5.41, 5.74) is 1.83. The molecular weight excluding hydrogens is 380 g/mol. The number of pyridine rings is 1. The van der Waals surface area contributed by atoms with Crippen molar-refractivity contribution < 1.29 is 23.0 Å². The second-order valence-corrected chi connectivity index (χ2v) is 5.94. The number of esters is 1. The quantitative estimate of drug-likeness (QED) is 0.591. The molecule has 0 saturated carbocycles. The number of imidazole rings is 1. The summed E-state index contributed by atoms with van der Waals surface area (Å²) in [6, 6.07) is 8.41. The molecule has 0 aliphatic rings. The van der Waals surface area contributed by atoms with E-state index in [1.54, 1.807) is 34.9 Å². The zero-order chi connectivity index (χ0) is 19.4. The second kappa shape index (κ2) is 8.13. The summed E-state index contributed by atoms with van der Waals surface area (Å²) in [6.45, 7) is -2.68. The van der Waals surface area contributed by atoms with E-state index in [1.807, 2.05) is 0 Å². The molecule has 3 aromatic rings. The number of rotatable bonds is 6. The lowest BCUT2D eigenvalue weighted by atomic mass is 10.1. The van der Waals surface area contributed by atoms with Crippen LogP contribution < -0.4 is 4.74 Å². The molecular formula is C18H14ClF2N3O3. The number of alkyl halides is 2. The summed E-state index contributed by atoms with van der Waals surface area (Å²) in [6.07, 6.45) is 4.41. The van der Waals surface area contributed by atoms with Crippen molar-refractivity contribution in [2.24, 2.45) is 0 Å². The maximum atomic E-state index is 12.7. The number of ether oxygens (including phenoxy) is 2. The number of carbonyl (C=O) groups is 1. The van der Waals surface area contributed by atoms with Crippen molar-refractivity contribution in [3.63, 3.8) is 0 Å². The molecule has 0 aliphatic heterocycles. The molecule has 2 heterocycles. The molecule has 0 unspecified atom stereocenters. The van der Waals surface area contributed by atoms with Crippen LogP contribution in [-0.4, -0.2) is 34.2 Å². The molecule has 1 aromatic carbocycles. The maximum Gasteiger partial charge on any atom is 0.388 e. The molecule has 0 saturated heterocycles. The highest BCUT2D eigenvalue weighted by molar-refractivity contribution is 6.30. The predicted octanol–water partition coefficient (Wildman–Crippen LogP) is 4.03. The van der Waals surface area contributed by atoms with Crippen LogP contribution in [0.3, 0.4) is 0 Å². The fraction of sp³-hybridized carbons (Fsp3) is 0.167. The minimum atomic E-state index is -3.00. The Hall–Kier alpha value is -3.00. The number of methoxy groups -OCH3 is 1. The molecule has 0 aliphatic carbocycles. The van der Waals surface area contributed by atoms with Crippen LogP contribution in [0.25, 0.3) is 11.1 Å². The molecule has 0 amide bonds. The van der Waals surface area contributed by atoms with Gasteiger partial charge in [-0.05, 0) is 29.3 Å². The van der Waals surface area contributed by atoms with Gasteiger partial charge in [0, 0.05) is 23.0 Å². The fourth-order valence-electron chi connectivity index (χ4n) is 2.49. The topological polar surface area (TPSA) is 66.2 Å². The van der Waals surface area contributed by atoms with Gasteiger partial charge in [0.2, 0.25) is 5.88 Å². The van der Waals surface area contributed by atoms with Crippen molar-refractivity contribution in [1.82, 2.24) is 14.5 Å². The summed E-state index contributed by atoms with van der Waals surface area (Å²) in [4.78, 5) is 19.5. The minimum Gasteiger partial charge on any atom is -0.464 e. The summed E-state index contributed by atoms with van der Waals surface area (Å²) < 4.78 is 36.2. The Morgan fingerprint density at radius 1 is 1.30 bits per heavy atom. The Kier molecular flexibility index (Phi) is 5.66. The molecule has 6 nitrogen and oxygen atoms in total. The van der Waals surface area contributed by atoms with Crippen LogP contribution in [-0.2, 0) is 11.3 Å². The first-order valence-electron chi connectivity index (χ1n) is 7.76. The van der Waals surface area contributed by atoms with E-state index in [4.69, 9.17) is 11.6 Å². The van der Waals surface area contributed by atoms with Gasteiger partial charge in [0.05, 0.1) is 20.0 Å². The standard InChI is InChI=1S/C18H14ClF2N3O3/c1-26-17(25)15-9-24(10-23-15)8-11-5-14(12-3-2-4-13(19)6-12)16(22-7-11)27-18(20)21/h2-7,9-10,18H,8H2,1H3. The van der Waals surface area contributed by atoms with E-state index in [0.717, 1.165) is 0 Å². The van der Waals surface area contributed by atoms with Gasteiger partial charge in [-0.2, -0.15) is 8.78 Å². The highest BCUT2D eigenvalue weighted by Crippen LogP contribution is 2.31. The zero-order valence-electron chi connectivity index (χ0n) is 14.1. The molecule has 27 heavy (non-hydrogen) atoms. The lowest BCUT2D eigenvalue weighted by Gasteiger charge is -2.12. The zero-order valence-corrected chi connectivity index (χ0v) is 14.9. The van der Waals surface area contributed by atoms with E-state index < -0.39 is 12.6 Å². The summed E-state index contributed by atoms with van der Waals surface area (Å²) in [7, 11) is 1.27. The molecule has 0 fully saturated rings. The monoisotopic (exact) mass is 393 g/mol. The third-order valence-electron chi connectivity index (χ3n) is 3.64. The van der Waals surface area contributed by atoms with Gasteiger partial charge in [-0.3, -0.25) is 0 Å². The van der Waals surface area contributed by atoms with Gasteiger partial charge in [0.25, 0.3) is 0 Å². The number of hydrogen-bond acceptors (Lipinski definition) is 5. The molecule has 2 aromatic heterocycles. The Labute approximate surface area is 158 Å². The third-order valence-corrected chi connectivity index (χ3v) is 3.87. The Bertz CT molecular complexity index is 963. The molecule has 0 atom stereocenters. The Morgan fingerprint density at radius 2 is 2.11 bits per heavy atom. The van der Waals surface area contributed by atoms with Gasteiger partial charge < -0.3 is 14.0 Å². The van der Waals surface area contributed by atoms with Crippen LogP contribution >= 0.6 is 11.6 Å². The maximum absolute atomic E-state index is 12.7. The van der Waals surface area contributed by atoms with Gasteiger partial charge in [-0.25, -0.2) is 14.8 Å². The average Bonchev–Trinajstić information content (AvgIpc) is 3.10. The van der Waals surface area contributed by atoms with Gasteiger partial charge in [-0.15, -0.1) is 0 Å². The van der Waals surface area contributed by atoms with Crippen LogP contribution in [0.2, 0.25) is 5.02 Å². The second-order valence-electron chi connectivity index (χ2n) is 5.51. The first-order valence-corrected chi connectivity index (χ1v) is 8.14. The van der Waals surface area contributed by atoms with Crippen molar-refractivity contribution in [3.05, 3.63) is 65.3 Å². The average molecular weight is 394 g/mol. The molecule has 3 rings (SSSR count). The number of nitrogens with zero attached hydrogens (tertiary/aromatic N) is 3. The van der Waals surface area contributed by atoms with Crippen LogP contribution in [0.15, 0.2) is 49.1 Å². The van der Waals surface area contributed by atoms with Crippen LogP contribution in [0, 0.1) is 0 Å². The predicted molar refractivity (Wildman–Crippen MR) is 94.0 cm³/mol. The molecule has 0 spiro atoms. The SMILES string of the molecule is COC(=O)c1cn(Cc2cnc(OC(F)F)c(-c3cccc(Cl)c3)c2)cn1. The van der Waals surface area contributed by atoms with Gasteiger partial charge in [-0.1, -0.05) is 23.7 Å². The summed E-state index contributed by atoms with van der Waals surface area (Å²) >= 11 is 6.00. The van der Waals surface area contributed by atoms with Gasteiger partial charge >= 0.3 is 12.6 Å². The van der Waals surface area contributed by atoms with Crippen molar-refractivity contribution in [3.8, 4) is 17.0 Å². The lowest BCUT2D eigenvalue weighted by Crippen LogP contribution is -2.06.